The van der Waals surface area contributed by atoms with E-state index in [0.29, 0.717) is 11.8 Å². The highest BCUT2D eigenvalue weighted by molar-refractivity contribution is 5.34. The molecule has 4 heteroatoms. The van der Waals surface area contributed by atoms with Crippen LogP contribution in [0, 0.1) is 11.8 Å². The summed E-state index contributed by atoms with van der Waals surface area (Å²) in [5, 5.41) is 0. The average molecular weight is 264 g/mol. The molecule has 1 saturated heterocycles. The fourth-order valence-electron chi connectivity index (χ4n) is 2.85. The summed E-state index contributed by atoms with van der Waals surface area (Å²) >= 11 is 0. The fourth-order valence-corrected chi connectivity index (χ4v) is 2.85. The maximum atomic E-state index is 5.84. The Morgan fingerprint density at radius 3 is 2.89 bits per heavy atom. The van der Waals surface area contributed by atoms with Crippen LogP contribution >= 0.6 is 0 Å². The molecule has 1 aliphatic heterocycles. The molecule has 108 valence electrons. The lowest BCUT2D eigenvalue weighted by atomic mass is 9.99. The predicted octanol–water partition coefficient (Wildman–Crippen LogP) is 2.28. The van der Waals surface area contributed by atoms with Crippen LogP contribution in [0.3, 0.4) is 0 Å². The van der Waals surface area contributed by atoms with Gasteiger partial charge in [-0.05, 0) is 37.6 Å². The number of hydrogen-bond acceptors (Lipinski definition) is 3. The molecule has 0 aliphatic carbocycles. The smallest absolute Gasteiger partial charge is 0.205 e. The fraction of sp³-hybridized carbons (Fsp3) is 0.800. The Balaban J connectivity index is 2.19. The van der Waals surface area contributed by atoms with Crippen molar-refractivity contribution in [2.75, 3.05) is 24.5 Å². The molecular formula is C15H28N4. The van der Waals surface area contributed by atoms with Gasteiger partial charge in [-0.15, -0.1) is 0 Å². The molecule has 2 N–H and O–H groups in total. The van der Waals surface area contributed by atoms with Crippen LogP contribution < -0.4 is 10.6 Å². The molecule has 0 spiro atoms. The van der Waals surface area contributed by atoms with E-state index in [1.165, 1.54) is 18.5 Å². The molecule has 1 unspecified atom stereocenters. The molecule has 1 atom stereocenters. The largest absolute Gasteiger partial charge is 0.342 e. The molecule has 1 aromatic rings. The minimum absolute atomic E-state index is 0.628. The van der Waals surface area contributed by atoms with Crippen LogP contribution in [0.15, 0.2) is 6.20 Å². The number of piperidine rings is 1. The van der Waals surface area contributed by atoms with Crippen LogP contribution in [0.2, 0.25) is 0 Å². The molecule has 2 rings (SSSR count). The molecule has 1 aliphatic rings. The number of hydrogen-bond donors (Lipinski definition) is 1. The van der Waals surface area contributed by atoms with Gasteiger partial charge in [0.2, 0.25) is 5.95 Å². The normalized spacial score (nSPS) is 20.3. The highest BCUT2D eigenvalue weighted by atomic mass is 15.3. The number of aryl methyl sites for hydroxylation is 1. The average Bonchev–Trinajstić information content (AvgIpc) is 2.81. The first kappa shape index (κ1) is 14.4. The molecular weight excluding hydrogens is 236 g/mol. The van der Waals surface area contributed by atoms with Crippen molar-refractivity contribution in [3.05, 3.63) is 11.9 Å². The Kier molecular flexibility index (Phi) is 4.86. The molecule has 4 nitrogen and oxygen atoms in total. The zero-order chi connectivity index (χ0) is 13.8. The second kappa shape index (κ2) is 6.42. The Labute approximate surface area is 117 Å². The lowest BCUT2D eigenvalue weighted by molar-refractivity contribution is 0.412. The van der Waals surface area contributed by atoms with Gasteiger partial charge in [0.25, 0.3) is 0 Å². The van der Waals surface area contributed by atoms with Crippen LogP contribution in [-0.2, 0) is 13.0 Å². The molecule has 0 amide bonds. The maximum absolute atomic E-state index is 5.84. The molecule has 0 saturated carbocycles. The van der Waals surface area contributed by atoms with Crippen molar-refractivity contribution < 1.29 is 0 Å². The first-order valence-electron chi connectivity index (χ1n) is 7.65. The first-order valence-corrected chi connectivity index (χ1v) is 7.65. The third kappa shape index (κ3) is 3.50. The van der Waals surface area contributed by atoms with Crippen molar-refractivity contribution in [3.8, 4) is 0 Å². The molecule has 19 heavy (non-hydrogen) atoms. The molecule has 0 aromatic carbocycles. The van der Waals surface area contributed by atoms with E-state index >= 15 is 0 Å². The summed E-state index contributed by atoms with van der Waals surface area (Å²) in [6, 6.07) is 0. The van der Waals surface area contributed by atoms with Gasteiger partial charge in [0.05, 0.1) is 5.69 Å². The van der Waals surface area contributed by atoms with E-state index in [0.717, 1.165) is 38.5 Å². The van der Waals surface area contributed by atoms with Gasteiger partial charge in [-0.2, -0.15) is 0 Å². The van der Waals surface area contributed by atoms with Gasteiger partial charge in [-0.3, -0.25) is 0 Å². The van der Waals surface area contributed by atoms with Gasteiger partial charge >= 0.3 is 0 Å². The van der Waals surface area contributed by atoms with Crippen LogP contribution in [0.25, 0.3) is 0 Å². The van der Waals surface area contributed by atoms with Crippen molar-refractivity contribution in [2.24, 2.45) is 17.6 Å². The van der Waals surface area contributed by atoms with Gasteiger partial charge in [0.15, 0.2) is 0 Å². The van der Waals surface area contributed by atoms with E-state index in [-0.39, 0.29) is 0 Å². The third-order valence-corrected chi connectivity index (χ3v) is 3.86. The maximum Gasteiger partial charge on any atom is 0.205 e. The standard InChI is InChI=1S/C15H28N4/c1-4-14-11-19(9-12(2)3)15(17-14)18-7-5-6-13(8-16)10-18/h11-13H,4-10,16H2,1-3H3. The number of nitrogens with zero attached hydrogens (tertiary/aromatic N) is 3. The number of imidazole rings is 1. The molecule has 0 bridgehead atoms. The lowest BCUT2D eigenvalue weighted by Crippen LogP contribution is -2.39. The SMILES string of the molecule is CCc1cn(CC(C)C)c(N2CCCC(CN)C2)n1. The van der Waals surface area contributed by atoms with Gasteiger partial charge < -0.3 is 15.2 Å². The van der Waals surface area contributed by atoms with Crippen molar-refractivity contribution in [3.63, 3.8) is 0 Å². The summed E-state index contributed by atoms with van der Waals surface area (Å²) in [7, 11) is 0. The third-order valence-electron chi connectivity index (χ3n) is 3.86. The van der Waals surface area contributed by atoms with E-state index in [1.54, 1.807) is 0 Å². The van der Waals surface area contributed by atoms with Crippen molar-refractivity contribution in [1.29, 1.82) is 0 Å². The quantitative estimate of drug-likeness (QED) is 0.887. The van der Waals surface area contributed by atoms with E-state index in [2.05, 4.69) is 36.4 Å². The minimum atomic E-state index is 0.628. The number of rotatable bonds is 5. The van der Waals surface area contributed by atoms with Crippen LogP contribution in [0.1, 0.15) is 39.3 Å². The number of aromatic nitrogens is 2. The summed E-state index contributed by atoms with van der Waals surface area (Å²) in [6.07, 6.45) is 5.73. The summed E-state index contributed by atoms with van der Waals surface area (Å²) in [5.74, 6) is 2.43. The van der Waals surface area contributed by atoms with Crippen LogP contribution in [-0.4, -0.2) is 29.2 Å². The lowest BCUT2D eigenvalue weighted by Gasteiger charge is -2.33. The second-order valence-corrected chi connectivity index (χ2v) is 6.12. The van der Waals surface area contributed by atoms with Crippen molar-refractivity contribution >= 4 is 5.95 Å². The van der Waals surface area contributed by atoms with E-state index < -0.39 is 0 Å². The highest BCUT2D eigenvalue weighted by Gasteiger charge is 2.22. The number of anilines is 1. The second-order valence-electron chi connectivity index (χ2n) is 6.12. The molecule has 0 radical (unpaired) electrons. The van der Waals surface area contributed by atoms with Gasteiger partial charge in [0, 0.05) is 25.8 Å². The van der Waals surface area contributed by atoms with E-state index in [1.807, 2.05) is 0 Å². The molecule has 1 fully saturated rings. The number of nitrogens with two attached hydrogens (primary N) is 1. The Morgan fingerprint density at radius 2 is 2.26 bits per heavy atom. The van der Waals surface area contributed by atoms with Gasteiger partial charge in [-0.1, -0.05) is 20.8 Å². The Morgan fingerprint density at radius 1 is 1.47 bits per heavy atom. The summed E-state index contributed by atoms with van der Waals surface area (Å²) in [5.41, 5.74) is 7.04. The summed E-state index contributed by atoms with van der Waals surface area (Å²) in [6.45, 7) is 10.7. The Hall–Kier alpha value is -1.03. The van der Waals surface area contributed by atoms with Crippen molar-refractivity contribution in [1.82, 2.24) is 9.55 Å². The highest BCUT2D eigenvalue weighted by Crippen LogP contribution is 2.23. The Bertz CT molecular complexity index is 397. The zero-order valence-electron chi connectivity index (χ0n) is 12.6. The van der Waals surface area contributed by atoms with Crippen molar-refractivity contribution in [2.45, 2.75) is 46.6 Å². The predicted molar refractivity (Wildman–Crippen MR) is 80.4 cm³/mol. The summed E-state index contributed by atoms with van der Waals surface area (Å²) < 4.78 is 2.34. The summed E-state index contributed by atoms with van der Waals surface area (Å²) in [4.78, 5) is 7.26. The van der Waals surface area contributed by atoms with E-state index in [9.17, 15) is 0 Å². The molecule has 2 heterocycles. The monoisotopic (exact) mass is 264 g/mol. The topological polar surface area (TPSA) is 47.1 Å². The first-order chi connectivity index (χ1) is 9.13. The van der Waals surface area contributed by atoms with E-state index in [4.69, 9.17) is 10.7 Å². The molecule has 1 aromatic heterocycles. The minimum Gasteiger partial charge on any atom is -0.342 e. The van der Waals surface area contributed by atoms with Gasteiger partial charge in [-0.25, -0.2) is 4.98 Å². The van der Waals surface area contributed by atoms with Crippen LogP contribution in [0.5, 0.6) is 0 Å². The van der Waals surface area contributed by atoms with Gasteiger partial charge in [0.1, 0.15) is 0 Å². The zero-order valence-corrected chi connectivity index (χ0v) is 12.6. The van der Waals surface area contributed by atoms with Crippen LogP contribution in [0.4, 0.5) is 5.95 Å².